The lowest BCUT2D eigenvalue weighted by Gasteiger charge is -2.10. The predicted molar refractivity (Wildman–Crippen MR) is 114 cm³/mol. The Hall–Kier alpha value is -0.880. The zero-order chi connectivity index (χ0) is 21.0. The predicted octanol–water partition coefficient (Wildman–Crippen LogP) is 6.83. The van der Waals surface area contributed by atoms with E-state index in [1.165, 1.54) is 6.07 Å². The number of aromatic carboxylic acids is 1. The maximum absolute atomic E-state index is 12.7. The van der Waals surface area contributed by atoms with Crippen LogP contribution in [0.2, 0.25) is 20.1 Å². The number of rotatable bonds is 4. The first kappa shape index (κ1) is 21.8. The molecule has 1 aliphatic rings. The number of benzene rings is 2. The Morgan fingerprint density at radius 3 is 2.11 bits per heavy atom. The molecule has 0 heterocycles. The SMILES string of the molecule is Cc1cc(NC(=O)C2[C@H](c3cc(Cl)c(Cl)c(Cl)c3)C2(Cl)Cl)cc(C(=O)O)c1Cl. The summed E-state index contributed by atoms with van der Waals surface area (Å²) in [5.74, 6) is -3.04. The summed E-state index contributed by atoms with van der Waals surface area (Å²) in [4.78, 5) is 24.1. The number of alkyl halides is 2. The van der Waals surface area contributed by atoms with Gasteiger partial charge in [-0.15, -0.1) is 23.2 Å². The van der Waals surface area contributed by atoms with Crippen molar-refractivity contribution in [3.63, 3.8) is 0 Å². The van der Waals surface area contributed by atoms with Gasteiger partial charge in [-0.05, 0) is 42.3 Å². The molecule has 0 radical (unpaired) electrons. The summed E-state index contributed by atoms with van der Waals surface area (Å²) >= 11 is 36.7. The number of carbonyl (C=O) groups is 2. The third-order valence-corrected chi connectivity index (χ3v) is 7.09. The highest BCUT2D eigenvalue weighted by Crippen LogP contribution is 2.65. The van der Waals surface area contributed by atoms with Crippen LogP contribution >= 0.6 is 69.6 Å². The molecule has 1 unspecified atom stereocenters. The van der Waals surface area contributed by atoms with Crippen LogP contribution in [0.15, 0.2) is 24.3 Å². The minimum absolute atomic E-state index is 0.101. The Morgan fingerprint density at radius 2 is 1.57 bits per heavy atom. The number of amides is 1. The van der Waals surface area contributed by atoms with Gasteiger partial charge in [-0.2, -0.15) is 0 Å². The Bertz CT molecular complexity index is 984. The van der Waals surface area contributed by atoms with Crippen LogP contribution in [0.4, 0.5) is 5.69 Å². The molecule has 1 fully saturated rings. The molecule has 4 nitrogen and oxygen atoms in total. The Morgan fingerprint density at radius 1 is 1.00 bits per heavy atom. The zero-order valence-electron chi connectivity index (χ0n) is 14.0. The van der Waals surface area contributed by atoms with Gasteiger partial charge >= 0.3 is 5.97 Å². The van der Waals surface area contributed by atoms with Crippen molar-refractivity contribution >= 4 is 87.2 Å². The molecule has 0 aliphatic heterocycles. The molecule has 1 saturated carbocycles. The second-order valence-electron chi connectivity index (χ2n) is 6.38. The Kier molecular flexibility index (Phi) is 6.04. The fraction of sp³-hybridized carbons (Fsp3) is 0.222. The van der Waals surface area contributed by atoms with Gasteiger partial charge in [-0.3, -0.25) is 4.79 Å². The summed E-state index contributed by atoms with van der Waals surface area (Å²) < 4.78 is -1.37. The molecule has 1 amide bonds. The van der Waals surface area contributed by atoms with Crippen molar-refractivity contribution in [2.24, 2.45) is 5.92 Å². The summed E-state index contributed by atoms with van der Waals surface area (Å²) in [7, 11) is 0. The molecule has 28 heavy (non-hydrogen) atoms. The van der Waals surface area contributed by atoms with E-state index in [-0.39, 0.29) is 31.3 Å². The van der Waals surface area contributed by atoms with Crippen LogP contribution < -0.4 is 5.32 Å². The van der Waals surface area contributed by atoms with Gasteiger partial charge in [0.1, 0.15) is 4.33 Å². The minimum Gasteiger partial charge on any atom is -0.478 e. The number of nitrogens with one attached hydrogen (secondary N) is 1. The monoisotopic (exact) mass is 499 g/mol. The quantitative estimate of drug-likeness (QED) is 0.356. The summed E-state index contributed by atoms with van der Waals surface area (Å²) in [5.41, 5.74) is 1.22. The fourth-order valence-electron chi connectivity index (χ4n) is 3.04. The Balaban J connectivity index is 1.87. The van der Waals surface area contributed by atoms with Crippen molar-refractivity contribution in [1.29, 1.82) is 0 Å². The maximum Gasteiger partial charge on any atom is 0.337 e. The van der Waals surface area contributed by atoms with Gasteiger partial charge in [0, 0.05) is 11.6 Å². The smallest absolute Gasteiger partial charge is 0.337 e. The highest BCUT2D eigenvalue weighted by Gasteiger charge is 2.67. The molecule has 0 saturated heterocycles. The van der Waals surface area contributed by atoms with Crippen molar-refractivity contribution in [3.05, 3.63) is 61.0 Å². The van der Waals surface area contributed by atoms with Crippen LogP contribution in [0.25, 0.3) is 0 Å². The van der Waals surface area contributed by atoms with Gasteiger partial charge in [0.2, 0.25) is 5.91 Å². The van der Waals surface area contributed by atoms with Gasteiger partial charge in [0.25, 0.3) is 0 Å². The number of hydrogen-bond acceptors (Lipinski definition) is 2. The van der Waals surface area contributed by atoms with E-state index in [0.29, 0.717) is 11.1 Å². The van der Waals surface area contributed by atoms with Crippen LogP contribution in [-0.2, 0) is 4.79 Å². The molecule has 0 bridgehead atoms. The number of hydrogen-bond donors (Lipinski definition) is 2. The molecule has 2 aromatic rings. The third-order valence-electron chi connectivity index (χ3n) is 4.45. The van der Waals surface area contributed by atoms with E-state index >= 15 is 0 Å². The standard InChI is InChI=1S/C18H11Cl6NO3/c1-6-2-8(5-9(14(6)21)17(27)28)25-16(26)13-12(18(13,23)24)7-3-10(19)15(22)11(20)4-7/h2-5,12-13H,1H3,(H,25,26)(H,27,28)/t12-,13?/m0/s1. The molecule has 1 aliphatic carbocycles. The molecule has 3 rings (SSSR count). The second kappa shape index (κ2) is 7.75. The zero-order valence-corrected chi connectivity index (χ0v) is 18.5. The van der Waals surface area contributed by atoms with Crippen molar-refractivity contribution in [2.45, 2.75) is 17.2 Å². The summed E-state index contributed by atoms with van der Waals surface area (Å²) in [6.07, 6.45) is 0. The van der Waals surface area contributed by atoms with Crippen LogP contribution in [0.3, 0.4) is 0 Å². The maximum atomic E-state index is 12.7. The third kappa shape index (κ3) is 3.91. The molecule has 148 valence electrons. The van der Waals surface area contributed by atoms with Crippen LogP contribution in [0.5, 0.6) is 0 Å². The normalized spacial score (nSPS) is 20.0. The fourth-order valence-corrected chi connectivity index (χ4v) is 4.67. The lowest BCUT2D eigenvalue weighted by molar-refractivity contribution is -0.117. The number of carboxylic acids is 1. The number of carboxylic acid groups (broad SMARTS) is 1. The van der Waals surface area contributed by atoms with Crippen molar-refractivity contribution in [1.82, 2.24) is 0 Å². The van der Waals surface area contributed by atoms with Gasteiger partial charge in [-0.25, -0.2) is 4.79 Å². The molecule has 2 N–H and O–H groups in total. The van der Waals surface area contributed by atoms with Crippen LogP contribution in [0.1, 0.15) is 27.4 Å². The lowest BCUT2D eigenvalue weighted by Crippen LogP contribution is -2.17. The van der Waals surface area contributed by atoms with Gasteiger partial charge in [0.05, 0.1) is 31.6 Å². The van der Waals surface area contributed by atoms with E-state index in [1.54, 1.807) is 25.1 Å². The van der Waals surface area contributed by atoms with E-state index in [2.05, 4.69) is 5.32 Å². The largest absolute Gasteiger partial charge is 0.478 e. The highest BCUT2D eigenvalue weighted by atomic mass is 35.5. The first-order valence-electron chi connectivity index (χ1n) is 7.81. The number of anilines is 1. The van der Waals surface area contributed by atoms with E-state index in [9.17, 15) is 14.7 Å². The van der Waals surface area contributed by atoms with Gasteiger partial charge < -0.3 is 10.4 Å². The van der Waals surface area contributed by atoms with E-state index < -0.39 is 28.0 Å². The topological polar surface area (TPSA) is 66.4 Å². The average Bonchev–Trinajstić information content (AvgIpc) is 3.17. The first-order valence-corrected chi connectivity index (χ1v) is 10.1. The molecular weight excluding hydrogens is 491 g/mol. The molecule has 0 aromatic heterocycles. The summed E-state index contributed by atoms with van der Waals surface area (Å²) in [6.45, 7) is 1.63. The van der Waals surface area contributed by atoms with Gasteiger partial charge in [0.15, 0.2) is 0 Å². The van der Waals surface area contributed by atoms with Crippen molar-refractivity contribution in [3.8, 4) is 0 Å². The van der Waals surface area contributed by atoms with Gasteiger partial charge in [-0.1, -0.05) is 46.4 Å². The first-order chi connectivity index (χ1) is 12.9. The second-order valence-corrected chi connectivity index (χ2v) is 9.39. The van der Waals surface area contributed by atoms with Crippen molar-refractivity contribution in [2.75, 3.05) is 5.32 Å². The molecule has 2 aromatic carbocycles. The lowest BCUT2D eigenvalue weighted by atomic mass is 10.1. The van der Waals surface area contributed by atoms with Crippen molar-refractivity contribution < 1.29 is 14.7 Å². The molecule has 0 spiro atoms. The summed E-state index contributed by atoms with van der Waals surface area (Å²) in [6, 6.07) is 5.95. The average molecular weight is 502 g/mol. The number of aryl methyl sites for hydroxylation is 1. The van der Waals surface area contributed by atoms with Crippen LogP contribution in [0, 0.1) is 12.8 Å². The van der Waals surface area contributed by atoms with E-state index in [1.807, 2.05) is 0 Å². The van der Waals surface area contributed by atoms with Crippen LogP contribution in [-0.4, -0.2) is 21.3 Å². The van der Waals surface area contributed by atoms with E-state index in [0.717, 1.165) is 0 Å². The van der Waals surface area contributed by atoms with E-state index in [4.69, 9.17) is 69.6 Å². The molecular formula is C18H11Cl6NO3. The Labute approximate surface area is 190 Å². The minimum atomic E-state index is -1.37. The number of halogens is 6. The summed E-state index contributed by atoms with van der Waals surface area (Å²) in [5, 5.41) is 12.6. The number of carbonyl (C=O) groups excluding carboxylic acids is 1. The molecule has 2 atom stereocenters. The molecule has 10 heteroatoms. The highest BCUT2D eigenvalue weighted by molar-refractivity contribution is 6.54.